The predicted octanol–water partition coefficient (Wildman–Crippen LogP) is 1.65. The standard InChI is InChI=1S/C19H25N5O2/c1-22(2)15-6-3-14(4-7-15)5-8-19(25)23-10-9-18-17(12-23)24-16(13-26-18)11-20-21-24/h3-4,6-7,11,17-18H,5,8-10,12-13H2,1-2H3/t17-,18-/m1/s1. The van der Waals surface area contributed by atoms with E-state index in [0.29, 0.717) is 19.6 Å². The molecule has 26 heavy (non-hydrogen) atoms. The van der Waals surface area contributed by atoms with Crippen molar-refractivity contribution in [3.05, 3.63) is 41.7 Å². The number of hydrogen-bond acceptors (Lipinski definition) is 5. The van der Waals surface area contributed by atoms with E-state index in [1.165, 1.54) is 11.3 Å². The van der Waals surface area contributed by atoms with Crippen LogP contribution in [-0.2, 0) is 22.6 Å². The number of rotatable bonds is 4. The number of carbonyl (C=O) groups excluding carboxylic acids is 1. The van der Waals surface area contributed by atoms with E-state index in [1.54, 1.807) is 6.20 Å². The van der Waals surface area contributed by atoms with Gasteiger partial charge in [0.1, 0.15) is 0 Å². The summed E-state index contributed by atoms with van der Waals surface area (Å²) in [4.78, 5) is 16.7. The molecule has 0 unspecified atom stereocenters. The Labute approximate surface area is 153 Å². The summed E-state index contributed by atoms with van der Waals surface area (Å²) in [6, 6.07) is 8.48. The number of ether oxygens (including phenoxy) is 1. The number of nitrogens with zero attached hydrogens (tertiary/aromatic N) is 5. The molecule has 2 aromatic rings. The number of carbonyl (C=O) groups is 1. The van der Waals surface area contributed by atoms with Crippen LogP contribution < -0.4 is 4.90 Å². The molecule has 0 N–H and O–H groups in total. The van der Waals surface area contributed by atoms with E-state index in [9.17, 15) is 4.79 Å². The van der Waals surface area contributed by atoms with E-state index in [0.717, 1.165) is 25.1 Å². The van der Waals surface area contributed by atoms with Crippen molar-refractivity contribution in [2.75, 3.05) is 32.1 Å². The molecule has 0 saturated carbocycles. The van der Waals surface area contributed by atoms with Gasteiger partial charge in [-0.25, -0.2) is 4.68 Å². The number of fused-ring (bicyclic) bond motifs is 3. The van der Waals surface area contributed by atoms with Crippen LogP contribution in [0.2, 0.25) is 0 Å². The molecule has 1 amide bonds. The summed E-state index contributed by atoms with van der Waals surface area (Å²) in [5.74, 6) is 0.201. The van der Waals surface area contributed by atoms with Crippen LogP contribution in [0.25, 0.3) is 0 Å². The molecule has 0 radical (unpaired) electrons. The largest absolute Gasteiger partial charge is 0.378 e. The molecule has 7 nitrogen and oxygen atoms in total. The molecule has 1 aromatic carbocycles. The second-order valence-corrected chi connectivity index (χ2v) is 7.28. The van der Waals surface area contributed by atoms with Crippen LogP contribution >= 0.6 is 0 Å². The Kier molecular flexibility index (Phi) is 4.63. The number of amides is 1. The fraction of sp³-hybridized carbons (Fsp3) is 0.526. The van der Waals surface area contributed by atoms with E-state index < -0.39 is 0 Å². The van der Waals surface area contributed by atoms with Crippen LogP contribution in [0.5, 0.6) is 0 Å². The van der Waals surface area contributed by atoms with Gasteiger partial charge in [-0.2, -0.15) is 0 Å². The fourth-order valence-corrected chi connectivity index (χ4v) is 3.78. The first kappa shape index (κ1) is 17.0. The monoisotopic (exact) mass is 355 g/mol. The SMILES string of the molecule is CN(C)c1ccc(CCC(=O)N2CC[C@H]3OCc4cnnn4[C@@H]3C2)cc1. The van der Waals surface area contributed by atoms with Gasteiger partial charge in [0.25, 0.3) is 0 Å². The van der Waals surface area contributed by atoms with Crippen molar-refractivity contribution >= 4 is 11.6 Å². The molecule has 1 saturated heterocycles. The minimum atomic E-state index is 0.0818. The number of likely N-dealkylation sites (tertiary alicyclic amines) is 1. The third-order valence-electron chi connectivity index (χ3n) is 5.36. The van der Waals surface area contributed by atoms with Crippen LogP contribution in [0, 0.1) is 0 Å². The van der Waals surface area contributed by atoms with Crippen molar-refractivity contribution in [1.29, 1.82) is 0 Å². The average Bonchev–Trinajstić information content (AvgIpc) is 3.15. The van der Waals surface area contributed by atoms with Crippen molar-refractivity contribution in [3.63, 3.8) is 0 Å². The van der Waals surface area contributed by atoms with E-state index in [-0.39, 0.29) is 18.1 Å². The Bertz CT molecular complexity index is 770. The molecule has 2 atom stereocenters. The van der Waals surface area contributed by atoms with Gasteiger partial charge in [-0.3, -0.25) is 4.79 Å². The minimum Gasteiger partial charge on any atom is -0.378 e. The molecule has 1 aromatic heterocycles. The number of benzene rings is 1. The summed E-state index contributed by atoms with van der Waals surface area (Å²) in [7, 11) is 4.05. The fourth-order valence-electron chi connectivity index (χ4n) is 3.78. The summed E-state index contributed by atoms with van der Waals surface area (Å²) in [5, 5.41) is 8.18. The summed E-state index contributed by atoms with van der Waals surface area (Å²) < 4.78 is 7.85. The van der Waals surface area contributed by atoms with Gasteiger partial charge in [0.05, 0.1) is 30.6 Å². The van der Waals surface area contributed by atoms with E-state index in [2.05, 4.69) is 39.5 Å². The quantitative estimate of drug-likeness (QED) is 0.834. The molecule has 2 aliphatic heterocycles. The topological polar surface area (TPSA) is 63.5 Å². The van der Waals surface area contributed by atoms with Gasteiger partial charge < -0.3 is 14.5 Å². The number of hydrogen-bond donors (Lipinski definition) is 0. The molecule has 7 heteroatoms. The van der Waals surface area contributed by atoms with Crippen LogP contribution in [0.3, 0.4) is 0 Å². The summed E-state index contributed by atoms with van der Waals surface area (Å²) in [6.45, 7) is 1.97. The smallest absolute Gasteiger partial charge is 0.222 e. The van der Waals surface area contributed by atoms with Crippen LogP contribution in [-0.4, -0.2) is 59.1 Å². The number of aryl methyl sites for hydroxylation is 1. The van der Waals surface area contributed by atoms with Crippen LogP contribution in [0.1, 0.15) is 30.1 Å². The third-order valence-corrected chi connectivity index (χ3v) is 5.36. The Morgan fingerprint density at radius 1 is 1.31 bits per heavy atom. The first-order chi connectivity index (χ1) is 12.6. The Balaban J connectivity index is 1.36. The molecule has 0 aliphatic carbocycles. The van der Waals surface area contributed by atoms with Crippen LogP contribution in [0.15, 0.2) is 30.5 Å². The lowest BCUT2D eigenvalue weighted by Crippen LogP contribution is -2.49. The molecule has 0 bridgehead atoms. The van der Waals surface area contributed by atoms with Crippen molar-refractivity contribution < 1.29 is 9.53 Å². The highest BCUT2D eigenvalue weighted by molar-refractivity contribution is 5.76. The van der Waals surface area contributed by atoms with Crippen molar-refractivity contribution in [2.45, 2.75) is 38.0 Å². The summed E-state index contributed by atoms with van der Waals surface area (Å²) in [6.07, 6.45) is 4.03. The molecule has 2 aliphatic rings. The first-order valence-electron chi connectivity index (χ1n) is 9.16. The Morgan fingerprint density at radius 3 is 2.88 bits per heavy atom. The van der Waals surface area contributed by atoms with E-state index >= 15 is 0 Å². The number of anilines is 1. The first-order valence-corrected chi connectivity index (χ1v) is 9.16. The molecule has 3 heterocycles. The molecule has 138 valence electrons. The van der Waals surface area contributed by atoms with Crippen molar-refractivity contribution in [2.24, 2.45) is 0 Å². The van der Waals surface area contributed by atoms with Gasteiger partial charge in [-0.05, 0) is 30.5 Å². The zero-order valence-corrected chi connectivity index (χ0v) is 15.3. The lowest BCUT2D eigenvalue weighted by atomic mass is 9.99. The van der Waals surface area contributed by atoms with Gasteiger partial charge in [0.15, 0.2) is 0 Å². The third kappa shape index (κ3) is 3.31. The highest BCUT2D eigenvalue weighted by Crippen LogP contribution is 2.30. The Hall–Kier alpha value is -2.41. The molecular weight excluding hydrogens is 330 g/mol. The van der Waals surface area contributed by atoms with Crippen LogP contribution in [0.4, 0.5) is 5.69 Å². The highest BCUT2D eigenvalue weighted by Gasteiger charge is 2.37. The highest BCUT2D eigenvalue weighted by atomic mass is 16.5. The van der Waals surface area contributed by atoms with Gasteiger partial charge in [-0.15, -0.1) is 5.10 Å². The predicted molar refractivity (Wildman–Crippen MR) is 97.9 cm³/mol. The van der Waals surface area contributed by atoms with Gasteiger partial charge in [0.2, 0.25) is 5.91 Å². The van der Waals surface area contributed by atoms with Crippen molar-refractivity contribution in [1.82, 2.24) is 19.9 Å². The zero-order chi connectivity index (χ0) is 18.1. The maximum atomic E-state index is 12.7. The normalized spacial score (nSPS) is 21.8. The lowest BCUT2D eigenvalue weighted by Gasteiger charge is -2.41. The molecule has 4 rings (SSSR count). The molecular formula is C19H25N5O2. The maximum absolute atomic E-state index is 12.7. The van der Waals surface area contributed by atoms with Crippen molar-refractivity contribution in [3.8, 4) is 0 Å². The van der Waals surface area contributed by atoms with Gasteiger partial charge >= 0.3 is 0 Å². The van der Waals surface area contributed by atoms with E-state index in [1.807, 2.05) is 23.7 Å². The number of piperidine rings is 1. The molecule has 1 fully saturated rings. The van der Waals surface area contributed by atoms with Gasteiger partial charge in [-0.1, -0.05) is 17.3 Å². The Morgan fingerprint density at radius 2 is 2.12 bits per heavy atom. The molecule has 0 spiro atoms. The number of aromatic nitrogens is 3. The summed E-state index contributed by atoms with van der Waals surface area (Å²) in [5.41, 5.74) is 3.35. The zero-order valence-electron chi connectivity index (χ0n) is 15.3. The maximum Gasteiger partial charge on any atom is 0.222 e. The minimum absolute atomic E-state index is 0.0818. The lowest BCUT2D eigenvalue weighted by molar-refractivity contribution is -0.138. The van der Waals surface area contributed by atoms with E-state index in [4.69, 9.17) is 4.74 Å². The second-order valence-electron chi connectivity index (χ2n) is 7.28. The summed E-state index contributed by atoms with van der Waals surface area (Å²) >= 11 is 0. The van der Waals surface area contributed by atoms with Gasteiger partial charge in [0, 0.05) is 39.3 Å². The average molecular weight is 355 g/mol. The second kappa shape index (κ2) is 7.07.